The van der Waals surface area contributed by atoms with Gasteiger partial charge in [-0.3, -0.25) is 19.7 Å². The van der Waals surface area contributed by atoms with Crippen LogP contribution < -0.4 is 21.3 Å². The highest BCUT2D eigenvalue weighted by Crippen LogP contribution is 2.25. The lowest BCUT2D eigenvalue weighted by Gasteiger charge is -2.29. The van der Waals surface area contributed by atoms with Crippen molar-refractivity contribution in [2.24, 2.45) is 0 Å². The van der Waals surface area contributed by atoms with E-state index in [4.69, 9.17) is 0 Å². The van der Waals surface area contributed by atoms with Gasteiger partial charge in [0.1, 0.15) is 12.1 Å². The van der Waals surface area contributed by atoms with Gasteiger partial charge in [0.25, 0.3) is 0 Å². The Hall–Kier alpha value is -2.57. The van der Waals surface area contributed by atoms with Crippen LogP contribution in [0, 0.1) is 0 Å². The van der Waals surface area contributed by atoms with Crippen LogP contribution in [0.2, 0.25) is 0 Å². The minimum absolute atomic E-state index is 0.246. The van der Waals surface area contributed by atoms with Crippen LogP contribution in [0.25, 0.3) is 0 Å². The molecule has 3 amide bonds. The van der Waals surface area contributed by atoms with Crippen molar-refractivity contribution in [3.8, 4) is 0 Å². The molecule has 3 rings (SSSR count). The van der Waals surface area contributed by atoms with Gasteiger partial charge in [-0.2, -0.15) is 0 Å². The van der Waals surface area contributed by atoms with Crippen molar-refractivity contribution in [1.82, 2.24) is 10.6 Å². The van der Waals surface area contributed by atoms with Gasteiger partial charge in [-0.15, -0.1) is 0 Å². The number of piperidine rings is 1. The molecule has 2 atom stereocenters. The second-order valence-electron chi connectivity index (χ2n) is 5.14. The zero-order valence-electron chi connectivity index (χ0n) is 11.3. The van der Waals surface area contributed by atoms with Crippen molar-refractivity contribution in [3.05, 3.63) is 24.3 Å². The average Bonchev–Trinajstić information content (AvgIpc) is 2.49. The zero-order chi connectivity index (χ0) is 14.8. The van der Waals surface area contributed by atoms with E-state index in [0.29, 0.717) is 13.0 Å². The Labute approximate surface area is 121 Å². The molecule has 7 heteroatoms. The average molecular weight is 288 g/mol. The largest absolute Gasteiger partial charge is 0.381 e. The van der Waals surface area contributed by atoms with Crippen LogP contribution in [-0.2, 0) is 14.4 Å². The van der Waals surface area contributed by atoms with Crippen LogP contribution in [0.1, 0.15) is 12.8 Å². The van der Waals surface area contributed by atoms with Gasteiger partial charge in [0.05, 0.1) is 11.4 Å². The number of imide groups is 1. The van der Waals surface area contributed by atoms with E-state index in [1.54, 1.807) is 0 Å². The minimum atomic E-state index is -0.644. The number of para-hydroxylation sites is 2. The van der Waals surface area contributed by atoms with E-state index in [2.05, 4.69) is 21.3 Å². The quantitative estimate of drug-likeness (QED) is 0.566. The second-order valence-corrected chi connectivity index (χ2v) is 5.14. The molecule has 1 fully saturated rings. The van der Waals surface area contributed by atoms with E-state index >= 15 is 0 Å². The fourth-order valence-electron chi connectivity index (χ4n) is 2.48. The number of carbonyl (C=O) groups excluding carboxylic acids is 3. The molecule has 4 N–H and O–H groups in total. The number of hydrogen-bond acceptors (Lipinski definition) is 5. The lowest BCUT2D eigenvalue weighted by atomic mass is 10.1. The Morgan fingerprint density at radius 3 is 2.71 bits per heavy atom. The maximum Gasteiger partial charge on any atom is 0.249 e. The first kappa shape index (κ1) is 13.4. The number of anilines is 2. The molecule has 1 saturated heterocycles. The molecule has 0 saturated carbocycles. The van der Waals surface area contributed by atoms with E-state index in [1.165, 1.54) is 0 Å². The smallest absolute Gasteiger partial charge is 0.249 e. The molecule has 0 radical (unpaired) electrons. The van der Waals surface area contributed by atoms with Crippen molar-refractivity contribution in [2.75, 3.05) is 17.2 Å². The van der Waals surface area contributed by atoms with Crippen LogP contribution in [-0.4, -0.2) is 36.3 Å². The fourth-order valence-corrected chi connectivity index (χ4v) is 2.48. The van der Waals surface area contributed by atoms with Gasteiger partial charge in [0.15, 0.2) is 0 Å². The second kappa shape index (κ2) is 5.43. The van der Waals surface area contributed by atoms with Crippen LogP contribution in [0.3, 0.4) is 0 Å². The molecule has 7 nitrogen and oxygen atoms in total. The topological polar surface area (TPSA) is 99.3 Å². The molecule has 0 aromatic heterocycles. The molecule has 2 aliphatic rings. The lowest BCUT2D eigenvalue weighted by Crippen LogP contribution is -2.56. The summed E-state index contributed by atoms with van der Waals surface area (Å²) in [4.78, 5) is 34.9. The van der Waals surface area contributed by atoms with Gasteiger partial charge in [-0.05, 0) is 18.6 Å². The Morgan fingerprint density at radius 2 is 1.95 bits per heavy atom. The number of nitrogens with one attached hydrogen (secondary N) is 4. The third kappa shape index (κ3) is 2.81. The van der Waals surface area contributed by atoms with Gasteiger partial charge in [-0.25, -0.2) is 0 Å². The monoisotopic (exact) mass is 288 g/mol. The molecule has 0 spiro atoms. The fraction of sp³-hybridized carbons (Fsp3) is 0.357. The lowest BCUT2D eigenvalue weighted by molar-refractivity contribution is -0.137. The van der Waals surface area contributed by atoms with Crippen molar-refractivity contribution in [3.63, 3.8) is 0 Å². The summed E-state index contributed by atoms with van der Waals surface area (Å²) in [5.41, 5.74) is 1.80. The van der Waals surface area contributed by atoms with E-state index in [9.17, 15) is 14.4 Å². The predicted molar refractivity (Wildman–Crippen MR) is 76.7 cm³/mol. The third-order valence-electron chi connectivity index (χ3n) is 3.63. The number of fused-ring (bicyclic) bond motifs is 1. The zero-order valence-corrected chi connectivity index (χ0v) is 11.3. The molecule has 2 unspecified atom stereocenters. The van der Waals surface area contributed by atoms with Gasteiger partial charge in [0, 0.05) is 13.0 Å². The predicted octanol–water partition coefficient (Wildman–Crippen LogP) is -0.186. The van der Waals surface area contributed by atoms with E-state index < -0.39 is 18.0 Å². The highest BCUT2D eigenvalue weighted by molar-refractivity contribution is 6.02. The number of amides is 3. The molecule has 0 bridgehead atoms. The summed E-state index contributed by atoms with van der Waals surface area (Å²) in [7, 11) is 0. The number of rotatable bonds is 2. The highest BCUT2D eigenvalue weighted by Gasteiger charge is 2.31. The summed E-state index contributed by atoms with van der Waals surface area (Å²) in [5.74, 6) is -0.993. The normalized spacial score (nSPS) is 24.2. The summed E-state index contributed by atoms with van der Waals surface area (Å²) in [6.07, 6.45) is 0.586. The first-order valence-electron chi connectivity index (χ1n) is 6.87. The summed E-state index contributed by atoms with van der Waals surface area (Å²) in [6.45, 7) is 0.441. The van der Waals surface area contributed by atoms with Crippen LogP contribution >= 0.6 is 0 Å². The van der Waals surface area contributed by atoms with Crippen molar-refractivity contribution < 1.29 is 14.4 Å². The first-order chi connectivity index (χ1) is 10.1. The highest BCUT2D eigenvalue weighted by atomic mass is 16.2. The SMILES string of the molecule is O=C1CCC(NC(=O)C2CNc3ccccc3N2)C(=O)N1. The summed E-state index contributed by atoms with van der Waals surface area (Å²) < 4.78 is 0. The van der Waals surface area contributed by atoms with Crippen molar-refractivity contribution >= 4 is 29.1 Å². The summed E-state index contributed by atoms with van der Waals surface area (Å²) >= 11 is 0. The van der Waals surface area contributed by atoms with Crippen LogP contribution in [0.5, 0.6) is 0 Å². The maximum atomic E-state index is 12.2. The van der Waals surface area contributed by atoms with Crippen molar-refractivity contribution in [2.45, 2.75) is 24.9 Å². The molecule has 2 heterocycles. The Morgan fingerprint density at radius 1 is 1.19 bits per heavy atom. The van der Waals surface area contributed by atoms with Crippen LogP contribution in [0.4, 0.5) is 11.4 Å². The first-order valence-corrected chi connectivity index (χ1v) is 6.87. The Bertz CT molecular complexity index is 602. The molecular formula is C14H16N4O3. The minimum Gasteiger partial charge on any atom is -0.381 e. The van der Waals surface area contributed by atoms with E-state index in [0.717, 1.165) is 11.4 Å². The maximum absolute atomic E-state index is 12.2. The van der Waals surface area contributed by atoms with Crippen molar-refractivity contribution in [1.29, 1.82) is 0 Å². The molecule has 21 heavy (non-hydrogen) atoms. The van der Waals surface area contributed by atoms with Gasteiger partial charge >= 0.3 is 0 Å². The number of carbonyl (C=O) groups is 3. The number of hydrogen-bond donors (Lipinski definition) is 4. The molecule has 1 aromatic carbocycles. The summed E-state index contributed by atoms with van der Waals surface area (Å²) in [6, 6.07) is 6.51. The van der Waals surface area contributed by atoms with Crippen LogP contribution in [0.15, 0.2) is 24.3 Å². The Kier molecular flexibility index (Phi) is 3.47. The van der Waals surface area contributed by atoms with E-state index in [-0.39, 0.29) is 18.2 Å². The Balaban J connectivity index is 1.62. The molecule has 2 aliphatic heterocycles. The summed E-state index contributed by atoms with van der Waals surface area (Å²) in [5, 5.41) is 11.2. The molecule has 110 valence electrons. The number of benzene rings is 1. The molecule has 1 aromatic rings. The van der Waals surface area contributed by atoms with Gasteiger partial charge < -0.3 is 16.0 Å². The standard InChI is InChI=1S/C14H16N4O3/c19-12-6-5-10(13(20)18-12)17-14(21)11-7-15-8-3-1-2-4-9(8)16-11/h1-4,10-11,15-16H,5-7H2,(H,17,21)(H,18,19,20). The molecular weight excluding hydrogens is 272 g/mol. The molecule has 0 aliphatic carbocycles. The van der Waals surface area contributed by atoms with Gasteiger partial charge in [-0.1, -0.05) is 12.1 Å². The third-order valence-corrected chi connectivity index (χ3v) is 3.63. The van der Waals surface area contributed by atoms with E-state index in [1.807, 2.05) is 24.3 Å². The van der Waals surface area contributed by atoms with Gasteiger partial charge in [0.2, 0.25) is 17.7 Å².